The number of imide groups is 1. The lowest BCUT2D eigenvalue weighted by Crippen LogP contribution is -2.33. The van der Waals surface area contributed by atoms with Crippen molar-refractivity contribution in [1.82, 2.24) is 4.90 Å². The minimum absolute atomic E-state index is 0.142. The number of hydrogen-bond acceptors (Lipinski definition) is 2. The van der Waals surface area contributed by atoms with Crippen LogP contribution in [-0.4, -0.2) is 23.3 Å². The van der Waals surface area contributed by atoms with Crippen LogP contribution in [0.5, 0.6) is 0 Å². The summed E-state index contributed by atoms with van der Waals surface area (Å²) in [6.07, 6.45) is 22.8. The Morgan fingerprint density at radius 1 is 0.733 bits per heavy atom. The highest BCUT2D eigenvalue weighted by Gasteiger charge is 2.35. The van der Waals surface area contributed by atoms with E-state index in [4.69, 9.17) is 0 Å². The Hall–Kier alpha value is -1.12. The number of amides is 2. The summed E-state index contributed by atoms with van der Waals surface area (Å²) in [6.45, 7) is 7.79. The van der Waals surface area contributed by atoms with Crippen LogP contribution in [0.4, 0.5) is 0 Å². The number of carbonyl (C=O) groups is 2. The maximum absolute atomic E-state index is 11.6. The molecule has 0 saturated heterocycles. The third-order valence-corrected chi connectivity index (χ3v) is 7.75. The zero-order valence-corrected chi connectivity index (χ0v) is 20.0. The minimum atomic E-state index is -0.142. The summed E-state index contributed by atoms with van der Waals surface area (Å²) < 4.78 is 0. The quantitative estimate of drug-likeness (QED) is 0.207. The predicted octanol–water partition coefficient (Wildman–Crippen LogP) is 7.30. The Labute approximate surface area is 186 Å². The van der Waals surface area contributed by atoms with Crippen LogP contribution in [0.15, 0.2) is 12.2 Å². The summed E-state index contributed by atoms with van der Waals surface area (Å²) in [4.78, 5) is 24.5. The molecule has 1 aliphatic heterocycles. The van der Waals surface area contributed by atoms with Crippen molar-refractivity contribution in [1.29, 1.82) is 0 Å². The van der Waals surface area contributed by atoms with Crippen molar-refractivity contribution < 1.29 is 9.59 Å². The lowest BCUT2D eigenvalue weighted by molar-refractivity contribution is -0.136. The summed E-state index contributed by atoms with van der Waals surface area (Å²) in [5.41, 5.74) is 0. The van der Waals surface area contributed by atoms with Gasteiger partial charge in [-0.25, -0.2) is 0 Å². The van der Waals surface area contributed by atoms with Gasteiger partial charge < -0.3 is 0 Å². The highest BCUT2D eigenvalue weighted by molar-refractivity contribution is 6.12. The number of rotatable bonds is 15. The van der Waals surface area contributed by atoms with Gasteiger partial charge in [0.05, 0.1) is 0 Å². The number of hydrogen-bond donors (Lipinski definition) is 0. The van der Waals surface area contributed by atoms with E-state index in [9.17, 15) is 9.59 Å². The number of nitrogens with zero attached hydrogens (tertiary/aromatic N) is 1. The van der Waals surface area contributed by atoms with Crippen molar-refractivity contribution >= 4 is 11.8 Å². The van der Waals surface area contributed by atoms with Crippen LogP contribution >= 0.6 is 0 Å². The minimum Gasteiger partial charge on any atom is -0.275 e. The first-order valence-electron chi connectivity index (χ1n) is 13.1. The van der Waals surface area contributed by atoms with E-state index in [0.29, 0.717) is 6.54 Å². The predicted molar refractivity (Wildman–Crippen MR) is 126 cm³/mol. The van der Waals surface area contributed by atoms with Crippen LogP contribution in [-0.2, 0) is 9.59 Å². The van der Waals surface area contributed by atoms with Gasteiger partial charge in [0.25, 0.3) is 11.8 Å². The zero-order valence-electron chi connectivity index (χ0n) is 20.0. The van der Waals surface area contributed by atoms with E-state index >= 15 is 0 Å². The van der Waals surface area contributed by atoms with Gasteiger partial charge in [0.1, 0.15) is 0 Å². The summed E-state index contributed by atoms with van der Waals surface area (Å²) in [5.74, 6) is 3.56. The lowest BCUT2D eigenvalue weighted by Gasteiger charge is -2.43. The highest BCUT2D eigenvalue weighted by atomic mass is 16.2. The smallest absolute Gasteiger partial charge is 0.253 e. The van der Waals surface area contributed by atoms with E-state index in [1.807, 2.05) is 0 Å². The molecule has 4 unspecified atom stereocenters. The molecular weight excluding hydrogens is 370 g/mol. The highest BCUT2D eigenvalue weighted by Crippen LogP contribution is 2.45. The molecule has 0 aromatic carbocycles. The third-order valence-electron chi connectivity index (χ3n) is 7.75. The number of carbonyl (C=O) groups excluding carboxylic acids is 2. The molecular formula is C27H47NO2. The zero-order chi connectivity index (χ0) is 21.8. The standard InChI is InChI=1S/C27H47NO2/c1-4-6-11-16-25-23(18-17-22(3)24(25)14-5-2)15-12-9-7-8-10-13-21-28-26(29)19-20-27(28)30/h19-20,22-25H,4-18,21H2,1-3H3. The van der Waals surface area contributed by atoms with Gasteiger partial charge in [0.2, 0.25) is 0 Å². The van der Waals surface area contributed by atoms with Gasteiger partial charge in [-0.3, -0.25) is 14.5 Å². The van der Waals surface area contributed by atoms with Gasteiger partial charge in [-0.15, -0.1) is 0 Å². The van der Waals surface area contributed by atoms with E-state index < -0.39 is 0 Å². The molecule has 3 nitrogen and oxygen atoms in total. The van der Waals surface area contributed by atoms with E-state index in [1.54, 1.807) is 0 Å². The Bertz CT molecular complexity index is 523. The SMILES string of the molecule is CCCCCC1C(CCCCCCCCN2C(=O)C=CC2=O)CCC(C)C1CCC. The average Bonchev–Trinajstić information content (AvgIpc) is 3.05. The van der Waals surface area contributed by atoms with Crippen molar-refractivity contribution in [2.75, 3.05) is 6.54 Å². The monoisotopic (exact) mass is 417 g/mol. The van der Waals surface area contributed by atoms with Gasteiger partial charge in [0, 0.05) is 18.7 Å². The summed E-state index contributed by atoms with van der Waals surface area (Å²) in [7, 11) is 0. The van der Waals surface area contributed by atoms with Crippen LogP contribution in [0, 0.1) is 23.7 Å². The molecule has 0 N–H and O–H groups in total. The summed E-state index contributed by atoms with van der Waals surface area (Å²) in [6, 6.07) is 0. The van der Waals surface area contributed by atoms with Gasteiger partial charge >= 0.3 is 0 Å². The van der Waals surface area contributed by atoms with Crippen LogP contribution in [0.1, 0.15) is 117 Å². The molecule has 3 heteroatoms. The molecule has 30 heavy (non-hydrogen) atoms. The maximum Gasteiger partial charge on any atom is 0.253 e. The molecule has 172 valence electrons. The second kappa shape index (κ2) is 14.0. The molecule has 1 saturated carbocycles. The molecule has 0 bridgehead atoms. The van der Waals surface area contributed by atoms with Crippen molar-refractivity contribution in [3.8, 4) is 0 Å². The van der Waals surface area contributed by atoms with E-state index in [1.165, 1.54) is 101 Å². The van der Waals surface area contributed by atoms with Crippen LogP contribution < -0.4 is 0 Å². The van der Waals surface area contributed by atoms with Crippen molar-refractivity contribution in [3.05, 3.63) is 12.2 Å². The molecule has 2 rings (SSSR count). The Balaban J connectivity index is 1.62. The summed E-state index contributed by atoms with van der Waals surface area (Å²) in [5, 5.41) is 0. The van der Waals surface area contributed by atoms with Gasteiger partial charge in [0.15, 0.2) is 0 Å². The molecule has 0 aromatic rings. The van der Waals surface area contributed by atoms with Gasteiger partial charge in [-0.1, -0.05) is 97.8 Å². The largest absolute Gasteiger partial charge is 0.275 e. The van der Waals surface area contributed by atoms with Gasteiger partial charge in [-0.2, -0.15) is 0 Å². The molecule has 2 aliphatic rings. The van der Waals surface area contributed by atoms with Crippen molar-refractivity contribution in [2.45, 2.75) is 117 Å². The van der Waals surface area contributed by atoms with Gasteiger partial charge in [-0.05, 0) is 42.9 Å². The normalized spacial score (nSPS) is 26.7. The van der Waals surface area contributed by atoms with E-state index in [-0.39, 0.29) is 11.8 Å². The fraction of sp³-hybridized carbons (Fsp3) is 0.852. The molecule has 0 radical (unpaired) electrons. The van der Waals surface area contributed by atoms with Crippen molar-refractivity contribution in [2.24, 2.45) is 23.7 Å². The summed E-state index contributed by atoms with van der Waals surface area (Å²) >= 11 is 0. The molecule has 1 aliphatic carbocycles. The second-order valence-corrected chi connectivity index (χ2v) is 10.00. The van der Waals surface area contributed by atoms with E-state index in [2.05, 4.69) is 20.8 Å². The Kier molecular flexibility index (Phi) is 11.8. The maximum atomic E-state index is 11.6. The molecule has 2 amide bonds. The van der Waals surface area contributed by atoms with E-state index in [0.717, 1.165) is 36.5 Å². The first kappa shape index (κ1) is 25.1. The van der Waals surface area contributed by atoms with Crippen LogP contribution in [0.25, 0.3) is 0 Å². The second-order valence-electron chi connectivity index (χ2n) is 10.00. The fourth-order valence-corrected chi connectivity index (χ4v) is 5.98. The molecule has 1 fully saturated rings. The molecule has 0 aromatic heterocycles. The third kappa shape index (κ3) is 7.85. The topological polar surface area (TPSA) is 37.4 Å². The molecule has 1 heterocycles. The first-order chi connectivity index (χ1) is 14.6. The van der Waals surface area contributed by atoms with Crippen LogP contribution in [0.3, 0.4) is 0 Å². The molecule has 4 atom stereocenters. The average molecular weight is 418 g/mol. The Morgan fingerprint density at radius 3 is 2.03 bits per heavy atom. The first-order valence-corrected chi connectivity index (χ1v) is 13.1. The van der Waals surface area contributed by atoms with Crippen LogP contribution in [0.2, 0.25) is 0 Å². The lowest BCUT2D eigenvalue weighted by atomic mass is 9.63. The van der Waals surface area contributed by atoms with Crippen molar-refractivity contribution in [3.63, 3.8) is 0 Å². The fourth-order valence-electron chi connectivity index (χ4n) is 5.98. The number of unbranched alkanes of at least 4 members (excludes halogenated alkanes) is 7. The molecule has 0 spiro atoms. The Morgan fingerprint density at radius 2 is 1.37 bits per heavy atom.